The van der Waals surface area contributed by atoms with Gasteiger partial charge in [0.15, 0.2) is 5.11 Å². The summed E-state index contributed by atoms with van der Waals surface area (Å²) in [6.45, 7) is 2.83. The van der Waals surface area contributed by atoms with E-state index in [4.69, 9.17) is 12.2 Å². The molecule has 3 N–H and O–H groups in total. The van der Waals surface area contributed by atoms with Crippen LogP contribution in [0, 0.1) is 11.8 Å². The molecule has 0 heterocycles. The van der Waals surface area contributed by atoms with Crippen LogP contribution < -0.4 is 16.0 Å². The number of carbonyl (C=O) groups excluding carboxylic acids is 1. The molecule has 96 valence electrons. The SMILES string of the molecule is CC(=O)NCCNC(=S)N[C@H]1C[C@H]2CC[C@H]1C2. The van der Waals surface area contributed by atoms with Crippen LogP contribution in [0.4, 0.5) is 0 Å². The Morgan fingerprint density at radius 2 is 2.00 bits per heavy atom. The summed E-state index contributed by atoms with van der Waals surface area (Å²) in [6.07, 6.45) is 5.42. The average molecular weight is 255 g/mol. The third kappa shape index (κ3) is 3.56. The van der Waals surface area contributed by atoms with Gasteiger partial charge in [-0.2, -0.15) is 0 Å². The van der Waals surface area contributed by atoms with E-state index in [0.29, 0.717) is 19.1 Å². The van der Waals surface area contributed by atoms with Crippen LogP contribution in [0.5, 0.6) is 0 Å². The Balaban J connectivity index is 1.59. The number of carbonyl (C=O) groups is 1. The van der Waals surface area contributed by atoms with Crippen LogP contribution in [0.1, 0.15) is 32.6 Å². The first-order valence-electron chi connectivity index (χ1n) is 6.44. The Hall–Kier alpha value is -0.840. The van der Waals surface area contributed by atoms with Crippen molar-refractivity contribution in [2.24, 2.45) is 11.8 Å². The number of hydrogen-bond acceptors (Lipinski definition) is 2. The lowest BCUT2D eigenvalue weighted by Crippen LogP contribution is -2.46. The Labute approximate surface area is 108 Å². The van der Waals surface area contributed by atoms with Crippen LogP contribution in [-0.2, 0) is 4.79 Å². The van der Waals surface area contributed by atoms with Crippen molar-refractivity contribution in [2.75, 3.05) is 13.1 Å². The van der Waals surface area contributed by atoms with Crippen molar-refractivity contribution >= 4 is 23.2 Å². The highest BCUT2D eigenvalue weighted by atomic mass is 32.1. The van der Waals surface area contributed by atoms with Crippen LogP contribution >= 0.6 is 12.2 Å². The van der Waals surface area contributed by atoms with Gasteiger partial charge in [-0.15, -0.1) is 0 Å². The van der Waals surface area contributed by atoms with Crippen molar-refractivity contribution in [3.8, 4) is 0 Å². The van der Waals surface area contributed by atoms with Crippen molar-refractivity contribution in [1.29, 1.82) is 0 Å². The molecule has 0 unspecified atom stereocenters. The number of thiocarbonyl (C=S) groups is 1. The highest BCUT2D eigenvalue weighted by molar-refractivity contribution is 7.80. The van der Waals surface area contributed by atoms with Gasteiger partial charge in [0.25, 0.3) is 0 Å². The highest BCUT2D eigenvalue weighted by Crippen LogP contribution is 2.44. The average Bonchev–Trinajstić information content (AvgIpc) is 2.86. The van der Waals surface area contributed by atoms with E-state index in [2.05, 4.69) is 16.0 Å². The van der Waals surface area contributed by atoms with E-state index in [1.807, 2.05) is 0 Å². The molecular weight excluding hydrogens is 234 g/mol. The predicted octanol–water partition coefficient (Wildman–Crippen LogP) is 0.775. The lowest BCUT2D eigenvalue weighted by molar-refractivity contribution is -0.118. The Bertz CT molecular complexity index is 308. The van der Waals surface area contributed by atoms with E-state index in [9.17, 15) is 4.79 Å². The fraction of sp³-hybridized carbons (Fsp3) is 0.833. The molecule has 0 aromatic carbocycles. The first-order chi connectivity index (χ1) is 8.15. The number of nitrogens with one attached hydrogen (secondary N) is 3. The maximum atomic E-state index is 10.7. The molecule has 0 aliphatic heterocycles. The van der Waals surface area contributed by atoms with Gasteiger partial charge in [0.1, 0.15) is 0 Å². The van der Waals surface area contributed by atoms with E-state index in [0.717, 1.165) is 16.9 Å². The molecule has 2 saturated carbocycles. The molecule has 17 heavy (non-hydrogen) atoms. The van der Waals surface area contributed by atoms with Gasteiger partial charge in [-0.25, -0.2) is 0 Å². The summed E-state index contributed by atoms with van der Waals surface area (Å²) in [6, 6.07) is 0.578. The second-order valence-electron chi connectivity index (χ2n) is 5.16. The lowest BCUT2D eigenvalue weighted by Gasteiger charge is -2.24. The molecule has 0 spiro atoms. The number of fused-ring (bicyclic) bond motifs is 2. The van der Waals surface area contributed by atoms with Gasteiger partial charge in [0.2, 0.25) is 5.91 Å². The summed E-state index contributed by atoms with van der Waals surface area (Å²) in [5.74, 6) is 1.76. The first-order valence-corrected chi connectivity index (χ1v) is 6.85. The molecule has 2 bridgehead atoms. The Morgan fingerprint density at radius 3 is 2.59 bits per heavy atom. The van der Waals surface area contributed by atoms with Crippen LogP contribution in [0.2, 0.25) is 0 Å². The standard InChI is InChI=1S/C12H21N3OS/c1-8(16)13-4-5-14-12(17)15-11-7-9-2-3-10(11)6-9/h9-11H,2-7H2,1H3,(H,13,16)(H2,14,15,17)/t9-,10-,11-/m0/s1. The van der Waals surface area contributed by atoms with E-state index >= 15 is 0 Å². The van der Waals surface area contributed by atoms with Crippen LogP contribution in [0.25, 0.3) is 0 Å². The Morgan fingerprint density at radius 1 is 1.24 bits per heavy atom. The van der Waals surface area contributed by atoms with Gasteiger partial charge in [-0.3, -0.25) is 4.79 Å². The number of hydrogen-bond donors (Lipinski definition) is 3. The van der Waals surface area contributed by atoms with Crippen LogP contribution in [-0.4, -0.2) is 30.2 Å². The molecule has 0 aromatic heterocycles. The maximum Gasteiger partial charge on any atom is 0.216 e. The highest BCUT2D eigenvalue weighted by Gasteiger charge is 2.39. The molecule has 0 saturated heterocycles. The molecule has 2 fully saturated rings. The summed E-state index contributed by atoms with van der Waals surface area (Å²) in [7, 11) is 0. The van der Waals surface area contributed by atoms with E-state index in [-0.39, 0.29) is 5.91 Å². The lowest BCUT2D eigenvalue weighted by atomic mass is 9.96. The van der Waals surface area contributed by atoms with Crippen LogP contribution in [0.15, 0.2) is 0 Å². The van der Waals surface area contributed by atoms with Gasteiger partial charge in [0, 0.05) is 26.1 Å². The van der Waals surface area contributed by atoms with Gasteiger partial charge >= 0.3 is 0 Å². The minimum atomic E-state index is -0.00113. The minimum Gasteiger partial charge on any atom is -0.361 e. The zero-order chi connectivity index (χ0) is 12.3. The molecule has 0 aromatic rings. The summed E-state index contributed by atoms with van der Waals surface area (Å²) in [4.78, 5) is 10.7. The van der Waals surface area contributed by atoms with E-state index in [1.54, 1.807) is 0 Å². The van der Waals surface area contributed by atoms with Gasteiger partial charge in [0.05, 0.1) is 0 Å². The molecule has 2 aliphatic carbocycles. The third-order valence-corrected chi connectivity index (χ3v) is 4.10. The third-order valence-electron chi connectivity index (χ3n) is 3.84. The van der Waals surface area contributed by atoms with Gasteiger partial charge in [-0.05, 0) is 43.3 Å². The second-order valence-corrected chi connectivity index (χ2v) is 5.57. The summed E-state index contributed by atoms with van der Waals surface area (Å²) >= 11 is 5.25. The predicted molar refractivity (Wildman–Crippen MR) is 71.7 cm³/mol. The largest absolute Gasteiger partial charge is 0.361 e. The zero-order valence-corrected chi connectivity index (χ0v) is 11.1. The zero-order valence-electron chi connectivity index (χ0n) is 10.3. The topological polar surface area (TPSA) is 53.2 Å². The van der Waals surface area contributed by atoms with E-state index < -0.39 is 0 Å². The molecule has 5 heteroatoms. The van der Waals surface area contributed by atoms with E-state index in [1.165, 1.54) is 32.6 Å². The molecule has 2 rings (SSSR count). The monoisotopic (exact) mass is 255 g/mol. The first kappa shape index (κ1) is 12.6. The smallest absolute Gasteiger partial charge is 0.216 e. The minimum absolute atomic E-state index is 0.00113. The summed E-state index contributed by atoms with van der Waals surface area (Å²) < 4.78 is 0. The van der Waals surface area contributed by atoms with Crippen molar-refractivity contribution in [2.45, 2.75) is 38.6 Å². The number of amides is 1. The fourth-order valence-corrected chi connectivity index (χ4v) is 3.31. The Kier molecular flexibility index (Phi) is 4.20. The molecular formula is C12H21N3OS. The molecule has 0 radical (unpaired) electrons. The second kappa shape index (κ2) is 5.67. The molecule has 2 aliphatic rings. The summed E-state index contributed by atoms with van der Waals surface area (Å²) in [5, 5.41) is 10.00. The molecule has 3 atom stereocenters. The van der Waals surface area contributed by atoms with Gasteiger partial charge < -0.3 is 16.0 Å². The van der Waals surface area contributed by atoms with Gasteiger partial charge in [-0.1, -0.05) is 6.42 Å². The van der Waals surface area contributed by atoms with Crippen molar-refractivity contribution in [1.82, 2.24) is 16.0 Å². The number of rotatable bonds is 4. The van der Waals surface area contributed by atoms with Crippen molar-refractivity contribution in [3.63, 3.8) is 0 Å². The summed E-state index contributed by atoms with van der Waals surface area (Å²) in [5.41, 5.74) is 0. The molecule has 4 nitrogen and oxygen atoms in total. The quantitative estimate of drug-likeness (QED) is 0.513. The van der Waals surface area contributed by atoms with Crippen molar-refractivity contribution < 1.29 is 4.79 Å². The van der Waals surface area contributed by atoms with Crippen LogP contribution in [0.3, 0.4) is 0 Å². The molecule has 1 amide bonds. The fourth-order valence-electron chi connectivity index (χ4n) is 3.06. The maximum absolute atomic E-state index is 10.7. The normalized spacial score (nSPS) is 30.1. The van der Waals surface area contributed by atoms with Crippen molar-refractivity contribution in [3.05, 3.63) is 0 Å².